The van der Waals surface area contributed by atoms with Crippen molar-refractivity contribution in [2.45, 2.75) is 39.4 Å². The number of nitrogens with zero attached hydrogens (tertiary/aromatic N) is 3. The van der Waals surface area contributed by atoms with Crippen LogP contribution in [0, 0.1) is 5.92 Å². The van der Waals surface area contributed by atoms with E-state index in [2.05, 4.69) is 20.9 Å². The number of β-amino-alcohol motifs (C(OH)–C–C–N with tert-alkyl or cyclic N) is 1. The number of carbonyl (C=O) groups excluding carboxylic acids is 1. The lowest BCUT2D eigenvalue weighted by Crippen LogP contribution is -2.35. The van der Waals surface area contributed by atoms with Crippen molar-refractivity contribution >= 4 is 5.91 Å². The van der Waals surface area contributed by atoms with E-state index in [0.717, 1.165) is 17.1 Å². The Bertz CT molecular complexity index is 772. The van der Waals surface area contributed by atoms with Crippen LogP contribution in [0.15, 0.2) is 24.3 Å². The Balaban J connectivity index is 1.73. The summed E-state index contributed by atoms with van der Waals surface area (Å²) < 4.78 is 7.34. The van der Waals surface area contributed by atoms with Crippen LogP contribution < -0.4 is 15.4 Å². The van der Waals surface area contributed by atoms with E-state index in [-0.39, 0.29) is 17.9 Å². The maximum absolute atomic E-state index is 12.6. The Morgan fingerprint density at radius 1 is 1.37 bits per heavy atom. The van der Waals surface area contributed by atoms with E-state index >= 15 is 0 Å². The summed E-state index contributed by atoms with van der Waals surface area (Å²) in [5.41, 5.74) is 1.89. The largest absolute Gasteiger partial charge is 0.491 e. The molecule has 146 valence electrons. The van der Waals surface area contributed by atoms with Crippen molar-refractivity contribution in [3.05, 3.63) is 35.7 Å². The van der Waals surface area contributed by atoms with Gasteiger partial charge in [-0.25, -0.2) is 4.68 Å². The molecule has 2 aromatic rings. The molecule has 0 radical (unpaired) electrons. The van der Waals surface area contributed by atoms with E-state index in [1.807, 2.05) is 45.0 Å². The summed E-state index contributed by atoms with van der Waals surface area (Å²) in [5, 5.41) is 24.1. The van der Waals surface area contributed by atoms with E-state index < -0.39 is 6.10 Å². The number of ether oxygens (including phenoxy) is 1. The Labute approximate surface area is 158 Å². The Kier molecular flexibility index (Phi) is 6.08. The predicted molar refractivity (Wildman–Crippen MR) is 101 cm³/mol. The van der Waals surface area contributed by atoms with E-state index in [1.54, 1.807) is 4.68 Å². The van der Waals surface area contributed by atoms with Gasteiger partial charge >= 0.3 is 0 Å². The summed E-state index contributed by atoms with van der Waals surface area (Å²) in [7, 11) is 0. The van der Waals surface area contributed by atoms with Crippen molar-refractivity contribution in [3.8, 4) is 11.4 Å². The van der Waals surface area contributed by atoms with Crippen molar-refractivity contribution in [1.29, 1.82) is 0 Å². The molecule has 0 saturated carbocycles. The fourth-order valence-corrected chi connectivity index (χ4v) is 3.18. The number of carbonyl (C=O) groups is 1. The van der Waals surface area contributed by atoms with Crippen LogP contribution in [0.25, 0.3) is 5.69 Å². The minimum atomic E-state index is -0.432. The first-order chi connectivity index (χ1) is 13.0. The molecule has 1 fully saturated rings. The number of benzene rings is 1. The second-order valence-corrected chi connectivity index (χ2v) is 7.01. The highest BCUT2D eigenvalue weighted by Gasteiger charge is 2.26. The number of rotatable bonds is 7. The Hall–Kier alpha value is -2.45. The maximum Gasteiger partial charge on any atom is 0.273 e. The summed E-state index contributed by atoms with van der Waals surface area (Å²) in [5.74, 6) is 0.535. The Morgan fingerprint density at radius 2 is 2.11 bits per heavy atom. The minimum absolute atomic E-state index is 0.0163. The number of amides is 1. The van der Waals surface area contributed by atoms with Crippen LogP contribution in [0.5, 0.6) is 5.75 Å². The predicted octanol–water partition coefficient (Wildman–Crippen LogP) is 0.927. The summed E-state index contributed by atoms with van der Waals surface area (Å²) in [6.45, 7) is 7.59. The van der Waals surface area contributed by atoms with Gasteiger partial charge in [-0.15, -0.1) is 5.10 Å². The average Bonchev–Trinajstić information content (AvgIpc) is 3.25. The van der Waals surface area contributed by atoms with Crippen molar-refractivity contribution in [1.82, 2.24) is 25.6 Å². The molecule has 1 saturated heterocycles. The molecule has 3 rings (SSSR count). The molecule has 2 heterocycles. The van der Waals surface area contributed by atoms with Gasteiger partial charge in [0.05, 0.1) is 23.6 Å². The van der Waals surface area contributed by atoms with E-state index in [0.29, 0.717) is 31.7 Å². The molecule has 8 nitrogen and oxygen atoms in total. The molecule has 2 atom stereocenters. The van der Waals surface area contributed by atoms with Crippen molar-refractivity contribution in [2.75, 3.05) is 19.6 Å². The molecule has 1 aliphatic rings. The molecule has 0 bridgehead atoms. The third-order valence-corrected chi connectivity index (χ3v) is 4.60. The molecule has 27 heavy (non-hydrogen) atoms. The van der Waals surface area contributed by atoms with Crippen LogP contribution in [0.4, 0.5) is 0 Å². The van der Waals surface area contributed by atoms with Gasteiger partial charge in [0.25, 0.3) is 5.91 Å². The number of hydrogen-bond acceptors (Lipinski definition) is 6. The molecular formula is C19H27N5O3. The highest BCUT2D eigenvalue weighted by molar-refractivity contribution is 5.93. The van der Waals surface area contributed by atoms with Crippen molar-refractivity contribution in [2.24, 2.45) is 5.92 Å². The first-order valence-corrected chi connectivity index (χ1v) is 9.38. The van der Waals surface area contributed by atoms with E-state index in [1.165, 1.54) is 0 Å². The molecule has 8 heteroatoms. The lowest BCUT2D eigenvalue weighted by Gasteiger charge is -2.14. The van der Waals surface area contributed by atoms with Gasteiger partial charge in [-0.05, 0) is 44.5 Å². The van der Waals surface area contributed by atoms with Crippen LogP contribution in [0.3, 0.4) is 0 Å². The number of nitrogens with one attached hydrogen (secondary N) is 2. The summed E-state index contributed by atoms with van der Waals surface area (Å²) in [4.78, 5) is 12.6. The van der Waals surface area contributed by atoms with Crippen molar-refractivity contribution in [3.63, 3.8) is 0 Å². The molecule has 1 amide bonds. The van der Waals surface area contributed by atoms with Gasteiger partial charge in [-0.3, -0.25) is 4.79 Å². The molecule has 3 N–H and O–H groups in total. The first-order valence-electron chi connectivity index (χ1n) is 9.38. The second-order valence-electron chi connectivity index (χ2n) is 7.01. The first kappa shape index (κ1) is 19.3. The topological polar surface area (TPSA) is 101 Å². The van der Waals surface area contributed by atoms with Crippen LogP contribution in [0.1, 0.15) is 37.0 Å². The summed E-state index contributed by atoms with van der Waals surface area (Å²) in [6, 6.07) is 7.55. The zero-order valence-corrected chi connectivity index (χ0v) is 16.0. The van der Waals surface area contributed by atoms with Gasteiger partial charge in [-0.2, -0.15) is 0 Å². The number of aliphatic hydroxyl groups excluding tert-OH is 1. The van der Waals surface area contributed by atoms with E-state index in [9.17, 15) is 9.90 Å². The summed E-state index contributed by atoms with van der Waals surface area (Å²) in [6.07, 6.45) is 0.295. The number of aliphatic hydroxyl groups is 1. The third kappa shape index (κ3) is 4.45. The summed E-state index contributed by atoms with van der Waals surface area (Å²) >= 11 is 0. The molecule has 2 unspecified atom stereocenters. The lowest BCUT2D eigenvalue weighted by molar-refractivity contribution is 0.0921. The van der Waals surface area contributed by atoms with Gasteiger partial charge in [-0.1, -0.05) is 12.1 Å². The minimum Gasteiger partial charge on any atom is -0.491 e. The smallest absolute Gasteiger partial charge is 0.273 e. The fourth-order valence-electron chi connectivity index (χ4n) is 3.18. The number of hydrogen-bond donors (Lipinski definition) is 3. The molecule has 1 aromatic heterocycles. The molecular weight excluding hydrogens is 346 g/mol. The quantitative estimate of drug-likeness (QED) is 0.667. The highest BCUT2D eigenvalue weighted by Crippen LogP contribution is 2.19. The monoisotopic (exact) mass is 373 g/mol. The molecule has 1 aliphatic heterocycles. The Morgan fingerprint density at radius 3 is 2.70 bits per heavy atom. The molecule has 0 spiro atoms. The van der Waals surface area contributed by atoms with Gasteiger partial charge in [0.1, 0.15) is 5.75 Å². The van der Waals surface area contributed by atoms with Crippen LogP contribution >= 0.6 is 0 Å². The number of aromatic nitrogens is 3. The van der Waals surface area contributed by atoms with Gasteiger partial charge < -0.3 is 20.5 Å². The normalized spacial score (nSPS) is 19.4. The zero-order valence-electron chi connectivity index (χ0n) is 16.0. The second kappa shape index (κ2) is 8.49. The average molecular weight is 373 g/mol. The van der Waals surface area contributed by atoms with Gasteiger partial charge in [0.2, 0.25) is 0 Å². The van der Waals surface area contributed by atoms with E-state index in [4.69, 9.17) is 4.74 Å². The highest BCUT2D eigenvalue weighted by atomic mass is 16.5. The maximum atomic E-state index is 12.6. The SMILES string of the molecule is CCc1c(C(=O)NCC2CNCC2O)nnn1-c1ccc(OC(C)C)cc1. The van der Waals surface area contributed by atoms with Crippen LogP contribution in [-0.4, -0.2) is 57.8 Å². The van der Waals surface area contributed by atoms with Crippen molar-refractivity contribution < 1.29 is 14.6 Å². The van der Waals surface area contributed by atoms with Gasteiger partial charge in [0, 0.05) is 25.6 Å². The molecule has 1 aromatic carbocycles. The fraction of sp³-hybridized carbons (Fsp3) is 0.526. The molecule has 0 aliphatic carbocycles. The van der Waals surface area contributed by atoms with Crippen LogP contribution in [0.2, 0.25) is 0 Å². The lowest BCUT2D eigenvalue weighted by atomic mass is 10.1. The zero-order chi connectivity index (χ0) is 19.4. The van der Waals surface area contributed by atoms with Gasteiger partial charge in [0.15, 0.2) is 5.69 Å². The third-order valence-electron chi connectivity index (χ3n) is 4.60. The standard InChI is InChI=1S/C19H27N5O3/c1-4-16-18(19(26)21-10-13-9-20-11-17(13)25)22-23-24(16)14-5-7-15(8-6-14)27-12(2)3/h5-8,12-13,17,20,25H,4,9-11H2,1-3H3,(H,21,26). The van der Waals surface area contributed by atoms with Crippen LogP contribution in [-0.2, 0) is 6.42 Å².